The second-order valence-electron chi connectivity index (χ2n) is 6.00. The number of nitrogens with one attached hydrogen (secondary N) is 1. The van der Waals surface area contributed by atoms with E-state index in [1.54, 1.807) is 6.33 Å². The van der Waals surface area contributed by atoms with E-state index in [1.165, 1.54) is 31.2 Å². The Morgan fingerprint density at radius 3 is 2.57 bits per heavy atom. The molecule has 0 radical (unpaired) electrons. The summed E-state index contributed by atoms with van der Waals surface area (Å²) >= 11 is 0. The summed E-state index contributed by atoms with van der Waals surface area (Å²) in [4.78, 5) is 11.1. The first kappa shape index (κ1) is 15.6. The Labute approximate surface area is 137 Å². The molecule has 122 valence electrons. The average molecular weight is 311 g/mol. The van der Waals surface area contributed by atoms with E-state index in [2.05, 4.69) is 45.3 Å². The molecule has 2 heterocycles. The lowest BCUT2D eigenvalue weighted by Crippen LogP contribution is -2.26. The van der Waals surface area contributed by atoms with E-state index in [4.69, 9.17) is 5.73 Å². The molecule has 1 saturated heterocycles. The number of aromatic nitrogens is 2. The second kappa shape index (κ2) is 7.31. The summed E-state index contributed by atoms with van der Waals surface area (Å²) in [7, 11) is 0. The predicted molar refractivity (Wildman–Crippen MR) is 96.2 cm³/mol. The van der Waals surface area contributed by atoms with Gasteiger partial charge in [0.05, 0.1) is 0 Å². The van der Waals surface area contributed by atoms with E-state index >= 15 is 0 Å². The molecular formula is C18H25N5. The average Bonchev–Trinajstić information content (AvgIpc) is 2.86. The van der Waals surface area contributed by atoms with Gasteiger partial charge in [-0.05, 0) is 30.9 Å². The van der Waals surface area contributed by atoms with Crippen molar-refractivity contribution in [1.29, 1.82) is 0 Å². The molecule has 1 aliphatic rings. The highest BCUT2D eigenvalue weighted by atomic mass is 15.2. The van der Waals surface area contributed by atoms with E-state index in [9.17, 15) is 0 Å². The topological polar surface area (TPSA) is 67.1 Å². The van der Waals surface area contributed by atoms with Gasteiger partial charge in [-0.25, -0.2) is 9.97 Å². The fraction of sp³-hybridized carbons (Fsp3) is 0.444. The number of hydrogen-bond acceptors (Lipinski definition) is 5. The van der Waals surface area contributed by atoms with Crippen LogP contribution in [-0.2, 0) is 6.42 Å². The molecule has 0 atom stereocenters. The van der Waals surface area contributed by atoms with Gasteiger partial charge in [0.25, 0.3) is 0 Å². The molecule has 5 nitrogen and oxygen atoms in total. The van der Waals surface area contributed by atoms with E-state index in [0.717, 1.165) is 31.0 Å². The molecule has 0 spiro atoms. The molecule has 5 heteroatoms. The van der Waals surface area contributed by atoms with Crippen molar-refractivity contribution in [3.05, 3.63) is 36.2 Å². The first-order valence-corrected chi connectivity index (χ1v) is 8.50. The van der Waals surface area contributed by atoms with Crippen LogP contribution in [0.2, 0.25) is 0 Å². The lowest BCUT2D eigenvalue weighted by Gasteiger charge is -2.23. The molecule has 1 aromatic carbocycles. The van der Waals surface area contributed by atoms with Gasteiger partial charge in [-0.15, -0.1) is 0 Å². The molecular weight excluding hydrogens is 286 g/mol. The first-order chi connectivity index (χ1) is 11.3. The Morgan fingerprint density at radius 1 is 1.09 bits per heavy atom. The zero-order valence-corrected chi connectivity index (χ0v) is 13.8. The maximum absolute atomic E-state index is 6.38. The Bertz CT molecular complexity index is 648. The SMILES string of the molecule is CCc1ccccc1Nc1ncnc(N2CCCCCC2)c1N. The molecule has 1 fully saturated rings. The normalized spacial score (nSPS) is 15.3. The van der Waals surface area contributed by atoms with Gasteiger partial charge in [0, 0.05) is 18.8 Å². The number of para-hydroxylation sites is 1. The van der Waals surface area contributed by atoms with Gasteiger partial charge in [-0.3, -0.25) is 0 Å². The lowest BCUT2D eigenvalue weighted by atomic mass is 10.1. The van der Waals surface area contributed by atoms with Crippen LogP contribution in [0.1, 0.15) is 38.2 Å². The van der Waals surface area contributed by atoms with Crippen LogP contribution in [0.5, 0.6) is 0 Å². The Balaban J connectivity index is 1.87. The summed E-state index contributed by atoms with van der Waals surface area (Å²) < 4.78 is 0. The van der Waals surface area contributed by atoms with Crippen LogP contribution in [-0.4, -0.2) is 23.1 Å². The van der Waals surface area contributed by atoms with Crippen LogP contribution in [0, 0.1) is 0 Å². The highest BCUT2D eigenvalue weighted by molar-refractivity contribution is 5.79. The van der Waals surface area contributed by atoms with Crippen LogP contribution in [0.15, 0.2) is 30.6 Å². The Hall–Kier alpha value is -2.30. The van der Waals surface area contributed by atoms with Gasteiger partial charge < -0.3 is 16.0 Å². The van der Waals surface area contributed by atoms with Crippen LogP contribution in [0.25, 0.3) is 0 Å². The van der Waals surface area contributed by atoms with Crippen molar-refractivity contribution in [2.24, 2.45) is 0 Å². The molecule has 0 unspecified atom stereocenters. The predicted octanol–water partition coefficient (Wildman–Crippen LogP) is 3.75. The van der Waals surface area contributed by atoms with Gasteiger partial charge in [0.1, 0.15) is 12.0 Å². The summed E-state index contributed by atoms with van der Waals surface area (Å²) in [5.41, 5.74) is 9.32. The molecule has 0 saturated carbocycles. The third-order valence-electron chi connectivity index (χ3n) is 4.42. The highest BCUT2D eigenvalue weighted by Crippen LogP contribution is 2.30. The van der Waals surface area contributed by atoms with Gasteiger partial charge in [0.2, 0.25) is 0 Å². The number of rotatable bonds is 4. The van der Waals surface area contributed by atoms with Crippen molar-refractivity contribution in [2.75, 3.05) is 29.0 Å². The summed E-state index contributed by atoms with van der Waals surface area (Å²) in [5, 5.41) is 3.38. The molecule has 3 rings (SSSR count). The van der Waals surface area contributed by atoms with Crippen molar-refractivity contribution in [3.8, 4) is 0 Å². The Kier molecular flexibility index (Phi) is 4.95. The molecule has 1 aromatic heterocycles. The molecule has 3 N–H and O–H groups in total. The fourth-order valence-electron chi connectivity index (χ4n) is 3.10. The minimum Gasteiger partial charge on any atom is -0.393 e. The standard InChI is InChI=1S/C18H25N5/c1-2-14-9-5-6-10-15(14)22-17-16(19)18(21-13-20-17)23-11-7-3-4-8-12-23/h5-6,9-10,13H,2-4,7-8,11-12,19H2,1H3,(H,20,21,22). The minimum absolute atomic E-state index is 0.639. The zero-order chi connectivity index (χ0) is 16.1. The molecule has 1 aliphatic heterocycles. The number of aryl methyl sites for hydroxylation is 1. The van der Waals surface area contributed by atoms with E-state index < -0.39 is 0 Å². The number of hydrogen-bond donors (Lipinski definition) is 2. The number of nitrogen functional groups attached to an aromatic ring is 1. The maximum atomic E-state index is 6.38. The summed E-state index contributed by atoms with van der Waals surface area (Å²) in [6, 6.07) is 8.26. The zero-order valence-electron chi connectivity index (χ0n) is 13.8. The van der Waals surface area contributed by atoms with Crippen LogP contribution in [0.4, 0.5) is 23.0 Å². The summed E-state index contributed by atoms with van der Waals surface area (Å²) in [6.07, 6.45) is 7.54. The van der Waals surface area contributed by atoms with Gasteiger partial charge >= 0.3 is 0 Å². The van der Waals surface area contributed by atoms with Crippen molar-refractivity contribution in [2.45, 2.75) is 39.0 Å². The van der Waals surface area contributed by atoms with Crippen molar-refractivity contribution in [1.82, 2.24) is 9.97 Å². The summed E-state index contributed by atoms with van der Waals surface area (Å²) in [6.45, 7) is 4.19. The molecule has 23 heavy (non-hydrogen) atoms. The third kappa shape index (κ3) is 3.55. The number of nitrogens with zero attached hydrogens (tertiary/aromatic N) is 3. The van der Waals surface area contributed by atoms with Crippen molar-refractivity contribution >= 4 is 23.0 Å². The van der Waals surface area contributed by atoms with Crippen molar-refractivity contribution in [3.63, 3.8) is 0 Å². The highest BCUT2D eigenvalue weighted by Gasteiger charge is 2.17. The Morgan fingerprint density at radius 2 is 1.83 bits per heavy atom. The minimum atomic E-state index is 0.639. The van der Waals surface area contributed by atoms with Crippen LogP contribution < -0.4 is 16.0 Å². The summed E-state index contributed by atoms with van der Waals surface area (Å²) in [5.74, 6) is 1.55. The monoisotopic (exact) mass is 311 g/mol. The largest absolute Gasteiger partial charge is 0.393 e. The van der Waals surface area contributed by atoms with Crippen molar-refractivity contribution < 1.29 is 0 Å². The van der Waals surface area contributed by atoms with Crippen LogP contribution in [0.3, 0.4) is 0 Å². The van der Waals surface area contributed by atoms with E-state index in [0.29, 0.717) is 11.5 Å². The first-order valence-electron chi connectivity index (χ1n) is 8.50. The maximum Gasteiger partial charge on any atom is 0.159 e. The second-order valence-corrected chi connectivity index (χ2v) is 6.00. The third-order valence-corrected chi connectivity index (χ3v) is 4.42. The van der Waals surface area contributed by atoms with E-state index in [1.807, 2.05) is 6.07 Å². The quantitative estimate of drug-likeness (QED) is 0.900. The number of nitrogens with two attached hydrogens (primary N) is 1. The lowest BCUT2D eigenvalue weighted by molar-refractivity contribution is 0.726. The number of anilines is 4. The van der Waals surface area contributed by atoms with Gasteiger partial charge in [-0.1, -0.05) is 38.0 Å². The van der Waals surface area contributed by atoms with Gasteiger partial charge in [-0.2, -0.15) is 0 Å². The molecule has 0 aliphatic carbocycles. The van der Waals surface area contributed by atoms with Crippen LogP contribution >= 0.6 is 0 Å². The molecule has 0 bridgehead atoms. The van der Waals surface area contributed by atoms with E-state index in [-0.39, 0.29) is 0 Å². The fourth-order valence-corrected chi connectivity index (χ4v) is 3.10. The molecule has 0 amide bonds. The van der Waals surface area contributed by atoms with Gasteiger partial charge in [0.15, 0.2) is 11.6 Å². The smallest absolute Gasteiger partial charge is 0.159 e. The molecule has 2 aromatic rings. The number of benzene rings is 1.